The molecule has 1 saturated heterocycles. The number of halogens is 1. The summed E-state index contributed by atoms with van der Waals surface area (Å²) < 4.78 is 5.85. The van der Waals surface area contributed by atoms with Crippen molar-refractivity contribution >= 4 is 34.8 Å². The smallest absolute Gasteiger partial charge is 0.255 e. The molecule has 3 rings (SSSR count). The number of carbonyl (C=O) groups is 2. The Kier molecular flexibility index (Phi) is 8.02. The van der Waals surface area contributed by atoms with Crippen molar-refractivity contribution in [3.63, 3.8) is 0 Å². The van der Waals surface area contributed by atoms with E-state index in [1.807, 2.05) is 56.0 Å². The van der Waals surface area contributed by atoms with Gasteiger partial charge in [0.2, 0.25) is 5.91 Å². The van der Waals surface area contributed by atoms with Crippen LogP contribution in [0.4, 0.5) is 11.4 Å². The van der Waals surface area contributed by atoms with Crippen molar-refractivity contribution in [1.29, 1.82) is 0 Å². The Labute approximate surface area is 195 Å². The zero-order valence-electron chi connectivity index (χ0n) is 19.2. The highest BCUT2D eigenvalue weighted by atomic mass is 35.5. The topological polar surface area (TPSA) is 61.9 Å². The number of nitrogens with one attached hydrogen (secondary N) is 1. The maximum absolute atomic E-state index is 13.0. The quantitative estimate of drug-likeness (QED) is 0.630. The second-order valence-electron chi connectivity index (χ2n) is 8.42. The van der Waals surface area contributed by atoms with Crippen molar-refractivity contribution in [3.8, 4) is 5.75 Å². The lowest BCUT2D eigenvalue weighted by Gasteiger charge is -2.38. The summed E-state index contributed by atoms with van der Waals surface area (Å²) in [5.41, 5.74) is 1.95. The fraction of sp³-hybridized carbons (Fsp3) is 0.440. The lowest BCUT2D eigenvalue weighted by Crippen LogP contribution is -2.50. The molecule has 32 heavy (non-hydrogen) atoms. The van der Waals surface area contributed by atoms with E-state index in [2.05, 4.69) is 17.1 Å². The normalized spacial score (nSPS) is 14.9. The van der Waals surface area contributed by atoms with Crippen LogP contribution in [0.2, 0.25) is 5.02 Å². The van der Waals surface area contributed by atoms with Crippen LogP contribution >= 0.6 is 11.6 Å². The first kappa shape index (κ1) is 23.9. The fourth-order valence-corrected chi connectivity index (χ4v) is 3.97. The minimum atomic E-state index is -0.225. The predicted octanol–water partition coefficient (Wildman–Crippen LogP) is 5.07. The van der Waals surface area contributed by atoms with E-state index in [0.717, 1.165) is 12.1 Å². The van der Waals surface area contributed by atoms with E-state index >= 15 is 0 Å². The minimum Gasteiger partial charge on any atom is -0.491 e. The molecule has 1 heterocycles. The number of carbonyl (C=O) groups excluding carboxylic acids is 2. The van der Waals surface area contributed by atoms with E-state index in [1.54, 1.807) is 12.1 Å². The molecule has 6 nitrogen and oxygen atoms in total. The molecule has 1 fully saturated rings. The first-order valence-electron chi connectivity index (χ1n) is 11.2. The summed E-state index contributed by atoms with van der Waals surface area (Å²) >= 11 is 6.55. The molecule has 2 aromatic rings. The second kappa shape index (κ2) is 10.7. The van der Waals surface area contributed by atoms with Crippen LogP contribution in [0.1, 0.15) is 44.5 Å². The van der Waals surface area contributed by atoms with Crippen molar-refractivity contribution in [1.82, 2.24) is 4.90 Å². The van der Waals surface area contributed by atoms with Gasteiger partial charge in [-0.15, -0.1) is 0 Å². The number of benzene rings is 2. The van der Waals surface area contributed by atoms with Gasteiger partial charge in [0.1, 0.15) is 5.75 Å². The van der Waals surface area contributed by atoms with Crippen LogP contribution < -0.4 is 15.0 Å². The van der Waals surface area contributed by atoms with E-state index in [4.69, 9.17) is 16.3 Å². The van der Waals surface area contributed by atoms with Gasteiger partial charge in [0.05, 0.1) is 22.5 Å². The molecule has 2 amide bonds. The van der Waals surface area contributed by atoms with E-state index < -0.39 is 0 Å². The Balaban J connectivity index is 1.75. The first-order chi connectivity index (χ1) is 15.3. The second-order valence-corrected chi connectivity index (χ2v) is 8.83. The molecule has 0 saturated carbocycles. The van der Waals surface area contributed by atoms with Crippen molar-refractivity contribution in [3.05, 3.63) is 53.1 Å². The van der Waals surface area contributed by atoms with Gasteiger partial charge in [0.25, 0.3) is 5.91 Å². The number of rotatable bonds is 7. The predicted molar refractivity (Wildman–Crippen MR) is 130 cm³/mol. The molecular weight excluding hydrogens is 426 g/mol. The molecule has 0 radical (unpaired) electrons. The Morgan fingerprint density at radius 1 is 1.06 bits per heavy atom. The summed E-state index contributed by atoms with van der Waals surface area (Å²) in [5.74, 6) is 0.592. The van der Waals surface area contributed by atoms with Gasteiger partial charge in [-0.2, -0.15) is 0 Å². The Hall–Kier alpha value is -2.73. The molecule has 0 spiro atoms. The largest absolute Gasteiger partial charge is 0.491 e. The number of piperazine rings is 1. The highest BCUT2D eigenvalue weighted by Crippen LogP contribution is 2.35. The van der Waals surface area contributed by atoms with Crippen LogP contribution in [0.3, 0.4) is 0 Å². The Morgan fingerprint density at radius 2 is 1.75 bits per heavy atom. The number of hydrogen-bond acceptors (Lipinski definition) is 4. The van der Waals surface area contributed by atoms with Gasteiger partial charge in [0.15, 0.2) is 0 Å². The molecule has 0 unspecified atom stereocenters. The molecule has 0 bridgehead atoms. The number of anilines is 2. The molecule has 7 heteroatoms. The molecule has 1 aliphatic rings. The molecule has 1 N–H and O–H groups in total. The number of nitrogens with zero attached hydrogens (tertiary/aromatic N) is 2. The number of ether oxygens (including phenoxy) is 1. The number of para-hydroxylation sites is 1. The maximum Gasteiger partial charge on any atom is 0.255 e. The van der Waals surface area contributed by atoms with Gasteiger partial charge >= 0.3 is 0 Å². The lowest BCUT2D eigenvalue weighted by atomic mass is 10.1. The van der Waals surface area contributed by atoms with Crippen LogP contribution in [-0.2, 0) is 4.79 Å². The molecule has 172 valence electrons. The van der Waals surface area contributed by atoms with E-state index in [-0.39, 0.29) is 23.8 Å². The van der Waals surface area contributed by atoms with E-state index in [0.29, 0.717) is 48.2 Å². The highest BCUT2D eigenvalue weighted by Gasteiger charge is 2.25. The third kappa shape index (κ3) is 5.74. The molecule has 1 atom stereocenters. The number of hydrogen-bond donors (Lipinski definition) is 1. The van der Waals surface area contributed by atoms with Gasteiger partial charge in [-0.05, 0) is 43.7 Å². The molecule has 1 aliphatic heterocycles. The lowest BCUT2D eigenvalue weighted by molar-refractivity contribution is -0.134. The van der Waals surface area contributed by atoms with Gasteiger partial charge in [-0.1, -0.05) is 44.5 Å². The van der Waals surface area contributed by atoms with Gasteiger partial charge < -0.3 is 19.9 Å². The van der Waals surface area contributed by atoms with Crippen molar-refractivity contribution in [2.75, 3.05) is 36.4 Å². The van der Waals surface area contributed by atoms with Crippen LogP contribution in [0, 0.1) is 5.92 Å². The van der Waals surface area contributed by atoms with Gasteiger partial charge in [-0.25, -0.2) is 0 Å². The average Bonchev–Trinajstić information content (AvgIpc) is 2.79. The van der Waals surface area contributed by atoms with Crippen LogP contribution in [0.5, 0.6) is 5.75 Å². The summed E-state index contributed by atoms with van der Waals surface area (Å²) in [5, 5.41) is 3.58. The number of amides is 2. The molecular formula is C25H32ClN3O3. The summed E-state index contributed by atoms with van der Waals surface area (Å²) in [4.78, 5) is 29.3. The Morgan fingerprint density at radius 3 is 2.41 bits per heavy atom. The zero-order chi connectivity index (χ0) is 23.3. The van der Waals surface area contributed by atoms with Crippen molar-refractivity contribution < 1.29 is 14.3 Å². The minimum absolute atomic E-state index is 0.0169. The van der Waals surface area contributed by atoms with Crippen LogP contribution in [0.25, 0.3) is 0 Å². The van der Waals surface area contributed by atoms with Gasteiger partial charge in [0, 0.05) is 37.7 Å². The molecule has 2 aromatic carbocycles. The summed E-state index contributed by atoms with van der Waals surface area (Å²) in [6.45, 7) is 10.5. The highest BCUT2D eigenvalue weighted by molar-refractivity contribution is 6.34. The third-order valence-electron chi connectivity index (χ3n) is 5.64. The molecule has 0 aliphatic carbocycles. The Bertz CT molecular complexity index is 955. The SMILES string of the molecule is CC[C@H](C)Oc1cccc(C(=O)Nc2cccc(Cl)c2N2CCN(C(=O)C(C)C)CC2)c1. The summed E-state index contributed by atoms with van der Waals surface area (Å²) in [7, 11) is 0. The molecule has 0 aromatic heterocycles. The zero-order valence-corrected chi connectivity index (χ0v) is 20.0. The summed E-state index contributed by atoms with van der Waals surface area (Å²) in [6, 6.07) is 12.7. The van der Waals surface area contributed by atoms with Crippen LogP contribution in [0.15, 0.2) is 42.5 Å². The van der Waals surface area contributed by atoms with Crippen molar-refractivity contribution in [2.45, 2.75) is 40.2 Å². The van der Waals surface area contributed by atoms with Gasteiger partial charge in [-0.3, -0.25) is 9.59 Å². The first-order valence-corrected chi connectivity index (χ1v) is 11.6. The average molecular weight is 458 g/mol. The monoisotopic (exact) mass is 457 g/mol. The van der Waals surface area contributed by atoms with Crippen LogP contribution in [-0.4, -0.2) is 49.0 Å². The third-order valence-corrected chi connectivity index (χ3v) is 5.95. The van der Waals surface area contributed by atoms with E-state index in [9.17, 15) is 9.59 Å². The van der Waals surface area contributed by atoms with Crippen molar-refractivity contribution in [2.24, 2.45) is 5.92 Å². The fourth-order valence-electron chi connectivity index (χ4n) is 3.67. The maximum atomic E-state index is 13.0. The van der Waals surface area contributed by atoms with E-state index in [1.165, 1.54) is 0 Å². The summed E-state index contributed by atoms with van der Waals surface area (Å²) in [6.07, 6.45) is 0.965. The standard InChI is InChI=1S/C25H32ClN3O3/c1-5-18(4)32-20-9-6-8-19(16-20)24(30)27-22-11-7-10-21(26)23(22)28-12-14-29(15-13-28)25(31)17(2)3/h6-11,16-18H,5,12-15H2,1-4H3,(H,27,30)/t18-/m0/s1.